The van der Waals surface area contributed by atoms with Crippen molar-refractivity contribution in [3.63, 3.8) is 0 Å². The van der Waals surface area contributed by atoms with E-state index in [0.29, 0.717) is 19.3 Å². The van der Waals surface area contributed by atoms with E-state index in [1.807, 2.05) is 0 Å². The van der Waals surface area contributed by atoms with Gasteiger partial charge in [-0.1, -0.05) is 289 Å². The van der Waals surface area contributed by atoms with Gasteiger partial charge in [-0.15, -0.1) is 0 Å². The van der Waals surface area contributed by atoms with Crippen molar-refractivity contribution in [1.82, 2.24) is 0 Å². The lowest BCUT2D eigenvalue weighted by atomic mass is 10.0. The van der Waals surface area contributed by atoms with Gasteiger partial charge in [0, 0.05) is 19.3 Å². The number of ether oxygens (including phenoxy) is 3. The normalized spacial score (nSPS) is 12.1. The van der Waals surface area contributed by atoms with Gasteiger partial charge >= 0.3 is 17.9 Å². The zero-order chi connectivity index (χ0) is 48.6. The summed E-state index contributed by atoms with van der Waals surface area (Å²) < 4.78 is 16.9. The van der Waals surface area contributed by atoms with Crippen LogP contribution in [0.15, 0.2) is 24.3 Å². The van der Waals surface area contributed by atoms with Gasteiger partial charge in [-0.2, -0.15) is 0 Å². The molecule has 1 atom stereocenters. The Morgan fingerprint density at radius 1 is 0.299 bits per heavy atom. The maximum atomic E-state index is 12.9. The third-order valence-corrected chi connectivity index (χ3v) is 13.5. The van der Waals surface area contributed by atoms with E-state index in [9.17, 15) is 14.4 Å². The standard InChI is InChI=1S/C61H114O6/c1-4-7-10-13-16-19-22-25-28-29-30-31-32-34-36-39-42-45-48-51-54-60(63)66-57-58(56-65-59(62)53-50-47-44-41-38-35-27-24-21-18-15-12-9-6-3)67-61(64)55-52-49-46-43-40-37-33-26-23-20-17-14-11-8-5-2/h15,18,24,27,58H,4-14,16-17,19-23,25-26,28-57H2,1-3H3/b18-15-,27-24-. The summed E-state index contributed by atoms with van der Waals surface area (Å²) in [5.41, 5.74) is 0. The van der Waals surface area contributed by atoms with Gasteiger partial charge in [-0.05, 0) is 44.9 Å². The van der Waals surface area contributed by atoms with Crippen molar-refractivity contribution < 1.29 is 28.6 Å². The summed E-state index contributed by atoms with van der Waals surface area (Å²) >= 11 is 0. The van der Waals surface area contributed by atoms with Crippen LogP contribution in [0.5, 0.6) is 0 Å². The highest BCUT2D eigenvalue weighted by Gasteiger charge is 2.19. The highest BCUT2D eigenvalue weighted by atomic mass is 16.6. The van der Waals surface area contributed by atoms with Crippen LogP contribution < -0.4 is 0 Å². The van der Waals surface area contributed by atoms with Crippen LogP contribution in [0, 0.1) is 0 Å². The number of rotatable bonds is 55. The van der Waals surface area contributed by atoms with Gasteiger partial charge in [-0.25, -0.2) is 0 Å². The smallest absolute Gasteiger partial charge is 0.306 e. The van der Waals surface area contributed by atoms with Crippen molar-refractivity contribution in [2.45, 2.75) is 335 Å². The molecule has 1 unspecified atom stereocenters. The molecule has 0 saturated carbocycles. The lowest BCUT2D eigenvalue weighted by Gasteiger charge is -2.18. The van der Waals surface area contributed by atoms with E-state index in [2.05, 4.69) is 45.1 Å². The maximum absolute atomic E-state index is 12.9. The number of unbranched alkanes of at least 4 members (excludes halogenated alkanes) is 40. The Kier molecular flexibility index (Phi) is 54.7. The summed E-state index contributed by atoms with van der Waals surface area (Å²) in [4.78, 5) is 38.2. The van der Waals surface area contributed by atoms with Crippen molar-refractivity contribution in [3.8, 4) is 0 Å². The van der Waals surface area contributed by atoms with Crippen LogP contribution in [-0.2, 0) is 28.6 Å². The minimum atomic E-state index is -0.772. The minimum absolute atomic E-state index is 0.0699. The number of hydrogen-bond acceptors (Lipinski definition) is 6. The molecule has 0 heterocycles. The Bertz CT molecular complexity index is 1080. The lowest BCUT2D eigenvalue weighted by Crippen LogP contribution is -2.30. The van der Waals surface area contributed by atoms with Crippen molar-refractivity contribution >= 4 is 17.9 Å². The second-order valence-corrected chi connectivity index (χ2v) is 20.3. The van der Waals surface area contributed by atoms with E-state index >= 15 is 0 Å². The van der Waals surface area contributed by atoms with Crippen LogP contribution in [0.4, 0.5) is 0 Å². The van der Waals surface area contributed by atoms with Crippen LogP contribution in [0.25, 0.3) is 0 Å². The third-order valence-electron chi connectivity index (χ3n) is 13.5. The number of carbonyl (C=O) groups is 3. The summed E-state index contributed by atoms with van der Waals surface area (Å²) in [6, 6.07) is 0. The van der Waals surface area contributed by atoms with Gasteiger partial charge in [-0.3, -0.25) is 14.4 Å². The van der Waals surface area contributed by atoms with Crippen LogP contribution in [-0.4, -0.2) is 37.2 Å². The van der Waals surface area contributed by atoms with Crippen molar-refractivity contribution in [1.29, 1.82) is 0 Å². The number of hydrogen-bond donors (Lipinski definition) is 0. The van der Waals surface area contributed by atoms with Crippen molar-refractivity contribution in [2.24, 2.45) is 0 Å². The highest BCUT2D eigenvalue weighted by molar-refractivity contribution is 5.71. The molecule has 0 rings (SSSR count). The highest BCUT2D eigenvalue weighted by Crippen LogP contribution is 2.17. The van der Waals surface area contributed by atoms with Gasteiger partial charge in [0.25, 0.3) is 0 Å². The van der Waals surface area contributed by atoms with E-state index in [0.717, 1.165) is 77.0 Å². The minimum Gasteiger partial charge on any atom is -0.462 e. The molecule has 0 aromatic rings. The van der Waals surface area contributed by atoms with Crippen molar-refractivity contribution in [2.75, 3.05) is 13.2 Å². The molecule has 0 saturated heterocycles. The first-order valence-electron chi connectivity index (χ1n) is 29.8. The van der Waals surface area contributed by atoms with Crippen LogP contribution in [0.2, 0.25) is 0 Å². The monoisotopic (exact) mass is 943 g/mol. The molecule has 0 aliphatic heterocycles. The van der Waals surface area contributed by atoms with Gasteiger partial charge in [0.2, 0.25) is 0 Å². The first-order chi connectivity index (χ1) is 33.0. The Morgan fingerprint density at radius 2 is 0.552 bits per heavy atom. The van der Waals surface area contributed by atoms with Gasteiger partial charge in [0.1, 0.15) is 13.2 Å². The molecule has 67 heavy (non-hydrogen) atoms. The van der Waals surface area contributed by atoms with Gasteiger partial charge in [0.05, 0.1) is 0 Å². The van der Waals surface area contributed by atoms with E-state index in [1.54, 1.807) is 0 Å². The van der Waals surface area contributed by atoms with Crippen molar-refractivity contribution in [3.05, 3.63) is 24.3 Å². The van der Waals surface area contributed by atoms with Gasteiger partial charge < -0.3 is 14.2 Å². The predicted molar refractivity (Wildman–Crippen MR) is 289 cm³/mol. The second-order valence-electron chi connectivity index (χ2n) is 20.3. The Hall–Kier alpha value is -2.11. The molecule has 0 aliphatic carbocycles. The molecule has 6 nitrogen and oxygen atoms in total. The molecule has 0 radical (unpaired) electrons. The molecule has 394 valence electrons. The fourth-order valence-corrected chi connectivity index (χ4v) is 8.93. The summed E-state index contributed by atoms with van der Waals surface area (Å²) in [5, 5.41) is 0. The summed E-state index contributed by atoms with van der Waals surface area (Å²) in [6.07, 6.45) is 66.0. The van der Waals surface area contributed by atoms with Crippen LogP contribution in [0.1, 0.15) is 329 Å². The maximum Gasteiger partial charge on any atom is 0.306 e. The summed E-state index contributed by atoms with van der Waals surface area (Å²) in [6.45, 7) is 6.65. The summed E-state index contributed by atoms with van der Waals surface area (Å²) in [5.74, 6) is -0.861. The molecule has 0 fully saturated rings. The molecule has 6 heteroatoms. The summed E-state index contributed by atoms with van der Waals surface area (Å²) in [7, 11) is 0. The van der Waals surface area contributed by atoms with E-state index < -0.39 is 6.10 Å². The van der Waals surface area contributed by atoms with Crippen LogP contribution in [0.3, 0.4) is 0 Å². The molecule has 0 spiro atoms. The molecule has 0 aromatic carbocycles. The zero-order valence-corrected chi connectivity index (χ0v) is 45.2. The van der Waals surface area contributed by atoms with E-state index in [4.69, 9.17) is 14.2 Å². The SMILES string of the molecule is CCCC/C=C\C/C=C\CCCCCCCC(=O)OCC(COC(=O)CCCCCCCCCCCCCCCCCCCCCC)OC(=O)CCCCCCCCCCCCCCCCC. The average molecular weight is 944 g/mol. The molecule has 0 aliphatic rings. The predicted octanol–water partition coefficient (Wildman–Crippen LogP) is 19.9. The molecule has 0 aromatic heterocycles. The number of allylic oxidation sites excluding steroid dienone is 4. The average Bonchev–Trinajstić information content (AvgIpc) is 3.33. The quantitative estimate of drug-likeness (QED) is 0.0262. The molecular weight excluding hydrogens is 829 g/mol. The molecule has 0 amide bonds. The topological polar surface area (TPSA) is 78.9 Å². The number of esters is 3. The third kappa shape index (κ3) is 54.7. The largest absolute Gasteiger partial charge is 0.462 e. The first-order valence-corrected chi connectivity index (χ1v) is 29.8. The Morgan fingerprint density at radius 3 is 0.866 bits per heavy atom. The Balaban J connectivity index is 4.29. The second kappa shape index (κ2) is 56.5. The first kappa shape index (κ1) is 64.9. The fourth-order valence-electron chi connectivity index (χ4n) is 8.93. The van der Waals surface area contributed by atoms with Gasteiger partial charge in [0.15, 0.2) is 6.10 Å². The zero-order valence-electron chi connectivity index (χ0n) is 45.2. The lowest BCUT2D eigenvalue weighted by molar-refractivity contribution is -0.167. The molecule has 0 bridgehead atoms. The molecule has 0 N–H and O–H groups in total. The molecular formula is C61H114O6. The van der Waals surface area contributed by atoms with E-state index in [-0.39, 0.29) is 31.1 Å². The number of carbonyl (C=O) groups excluding carboxylic acids is 3. The fraction of sp³-hybridized carbons (Fsp3) is 0.885. The van der Waals surface area contributed by atoms with E-state index in [1.165, 1.54) is 212 Å². The van der Waals surface area contributed by atoms with Crippen LogP contribution >= 0.6 is 0 Å². The Labute approximate surface area is 417 Å².